The van der Waals surface area contributed by atoms with E-state index in [1.54, 1.807) is 7.11 Å². The third-order valence-corrected chi connectivity index (χ3v) is 6.54. The first kappa shape index (κ1) is 22.8. The number of aliphatic hydroxyl groups excluding tert-OH is 1. The maximum absolute atomic E-state index is 9.75. The van der Waals surface area contributed by atoms with Gasteiger partial charge in [-0.2, -0.15) is 9.97 Å². The lowest BCUT2D eigenvalue weighted by Gasteiger charge is -2.37. The molecule has 5 rings (SSSR count). The van der Waals surface area contributed by atoms with Crippen molar-refractivity contribution >= 4 is 22.8 Å². The Labute approximate surface area is 199 Å². The number of anilines is 2. The van der Waals surface area contributed by atoms with Gasteiger partial charge in [-0.1, -0.05) is 0 Å². The molecule has 0 radical (unpaired) electrons. The van der Waals surface area contributed by atoms with Gasteiger partial charge in [-0.05, 0) is 44.2 Å². The van der Waals surface area contributed by atoms with Crippen molar-refractivity contribution in [2.24, 2.45) is 0 Å². The fourth-order valence-corrected chi connectivity index (χ4v) is 4.62. The Morgan fingerprint density at radius 1 is 0.971 bits per heavy atom. The molecule has 0 unspecified atom stereocenters. The Bertz CT molecular complexity index is 1170. The Morgan fingerprint density at radius 3 is 2.38 bits per heavy atom. The molecule has 2 aliphatic heterocycles. The minimum Gasteiger partial charge on any atom is -0.496 e. The third kappa shape index (κ3) is 4.26. The van der Waals surface area contributed by atoms with Crippen LogP contribution in [0.1, 0.15) is 19.4 Å². The number of ether oxygens (including phenoxy) is 3. The second kappa shape index (κ2) is 9.69. The van der Waals surface area contributed by atoms with E-state index in [0.717, 1.165) is 41.1 Å². The first-order valence-corrected chi connectivity index (χ1v) is 11.7. The standard InChI is InChI=1S/C25H31N5O4/c1-16-14-33-10-8-29(16)24-20-5-6-21(18-4-7-22(32-3)19(12-18)13-31)26-23(20)27-25(28-24)30-9-11-34-15-17(30)2/h4-7,12,16-17,31H,8-11,13-15H2,1-3H3/t16-,17+/m0/s1. The molecule has 2 aliphatic rings. The van der Waals surface area contributed by atoms with Crippen LogP contribution < -0.4 is 14.5 Å². The lowest BCUT2D eigenvalue weighted by molar-refractivity contribution is 0.0973. The van der Waals surface area contributed by atoms with E-state index in [1.165, 1.54) is 0 Å². The van der Waals surface area contributed by atoms with Crippen molar-refractivity contribution in [1.29, 1.82) is 0 Å². The summed E-state index contributed by atoms with van der Waals surface area (Å²) in [4.78, 5) is 19.4. The molecule has 180 valence electrons. The second-order valence-electron chi connectivity index (χ2n) is 8.83. The van der Waals surface area contributed by atoms with Crippen LogP contribution in [0.2, 0.25) is 0 Å². The number of hydrogen-bond acceptors (Lipinski definition) is 9. The number of methoxy groups -OCH3 is 1. The molecule has 2 atom stereocenters. The largest absolute Gasteiger partial charge is 0.496 e. The van der Waals surface area contributed by atoms with Crippen molar-refractivity contribution in [3.05, 3.63) is 35.9 Å². The topological polar surface area (TPSA) is 93.1 Å². The van der Waals surface area contributed by atoms with E-state index in [0.29, 0.717) is 43.8 Å². The molecule has 0 saturated carbocycles. The zero-order chi connectivity index (χ0) is 23.7. The number of fused-ring (bicyclic) bond motifs is 1. The number of aliphatic hydroxyl groups is 1. The molecule has 0 aliphatic carbocycles. The molecule has 2 fully saturated rings. The molecular formula is C25H31N5O4. The second-order valence-corrected chi connectivity index (χ2v) is 8.83. The summed E-state index contributed by atoms with van der Waals surface area (Å²) < 4.78 is 16.7. The van der Waals surface area contributed by atoms with E-state index < -0.39 is 0 Å². The van der Waals surface area contributed by atoms with Crippen LogP contribution in [0.15, 0.2) is 30.3 Å². The summed E-state index contributed by atoms with van der Waals surface area (Å²) in [6.07, 6.45) is 0. The summed E-state index contributed by atoms with van der Waals surface area (Å²) in [5, 5.41) is 10.7. The van der Waals surface area contributed by atoms with Crippen LogP contribution in [0.4, 0.5) is 11.8 Å². The summed E-state index contributed by atoms with van der Waals surface area (Å²) in [6, 6.07) is 10.1. The minimum atomic E-state index is -0.106. The van der Waals surface area contributed by atoms with Crippen LogP contribution in [0.3, 0.4) is 0 Å². The molecule has 1 N–H and O–H groups in total. The van der Waals surface area contributed by atoms with Crippen LogP contribution >= 0.6 is 0 Å². The van der Waals surface area contributed by atoms with Gasteiger partial charge in [0.1, 0.15) is 11.6 Å². The lowest BCUT2D eigenvalue weighted by atomic mass is 10.1. The summed E-state index contributed by atoms with van der Waals surface area (Å²) in [5.41, 5.74) is 3.05. The first-order valence-electron chi connectivity index (χ1n) is 11.7. The smallest absolute Gasteiger partial charge is 0.229 e. The predicted octanol–water partition coefficient (Wildman–Crippen LogP) is 2.64. The predicted molar refractivity (Wildman–Crippen MR) is 130 cm³/mol. The van der Waals surface area contributed by atoms with Gasteiger partial charge in [0, 0.05) is 24.2 Å². The summed E-state index contributed by atoms with van der Waals surface area (Å²) in [7, 11) is 1.60. The molecule has 0 bridgehead atoms. The van der Waals surface area contributed by atoms with Crippen LogP contribution in [0.25, 0.3) is 22.3 Å². The molecule has 34 heavy (non-hydrogen) atoms. The fourth-order valence-electron chi connectivity index (χ4n) is 4.62. The summed E-state index contributed by atoms with van der Waals surface area (Å²) >= 11 is 0. The molecule has 0 amide bonds. The number of morpholine rings is 2. The van der Waals surface area contributed by atoms with E-state index in [2.05, 4.69) is 23.6 Å². The Kier molecular flexibility index (Phi) is 6.49. The van der Waals surface area contributed by atoms with Gasteiger partial charge in [0.2, 0.25) is 5.95 Å². The molecular weight excluding hydrogens is 434 g/mol. The van der Waals surface area contributed by atoms with E-state index in [9.17, 15) is 5.11 Å². The molecule has 2 saturated heterocycles. The van der Waals surface area contributed by atoms with Crippen LogP contribution in [0.5, 0.6) is 5.75 Å². The average molecular weight is 466 g/mol. The van der Waals surface area contributed by atoms with Crippen molar-refractivity contribution in [3.8, 4) is 17.0 Å². The van der Waals surface area contributed by atoms with Crippen molar-refractivity contribution in [3.63, 3.8) is 0 Å². The van der Waals surface area contributed by atoms with Gasteiger partial charge >= 0.3 is 0 Å². The molecule has 3 aromatic rings. The highest BCUT2D eigenvalue weighted by molar-refractivity contribution is 5.90. The third-order valence-electron chi connectivity index (χ3n) is 6.54. The number of aromatic nitrogens is 3. The highest BCUT2D eigenvalue weighted by Crippen LogP contribution is 2.32. The van der Waals surface area contributed by atoms with E-state index in [4.69, 9.17) is 29.2 Å². The number of nitrogens with zero attached hydrogens (tertiary/aromatic N) is 5. The molecule has 1 aromatic carbocycles. The Hall–Kier alpha value is -3.01. The number of benzene rings is 1. The maximum Gasteiger partial charge on any atom is 0.229 e. The molecule has 2 aromatic heterocycles. The Balaban J connectivity index is 1.64. The van der Waals surface area contributed by atoms with Gasteiger partial charge in [0.25, 0.3) is 0 Å². The monoisotopic (exact) mass is 465 g/mol. The van der Waals surface area contributed by atoms with Gasteiger partial charge in [-0.25, -0.2) is 4.98 Å². The highest BCUT2D eigenvalue weighted by atomic mass is 16.5. The zero-order valence-electron chi connectivity index (χ0n) is 19.9. The maximum atomic E-state index is 9.75. The van der Waals surface area contributed by atoms with Gasteiger partial charge in [-0.15, -0.1) is 0 Å². The highest BCUT2D eigenvalue weighted by Gasteiger charge is 2.27. The summed E-state index contributed by atoms with van der Waals surface area (Å²) in [5.74, 6) is 2.22. The van der Waals surface area contributed by atoms with Crippen molar-refractivity contribution in [2.45, 2.75) is 32.5 Å². The molecule has 9 nitrogen and oxygen atoms in total. The SMILES string of the molecule is COc1ccc(-c2ccc3c(N4CCOC[C@@H]4C)nc(N4CCOC[C@H]4C)nc3n2)cc1CO. The zero-order valence-corrected chi connectivity index (χ0v) is 19.9. The number of rotatable bonds is 5. The van der Waals surface area contributed by atoms with E-state index in [-0.39, 0.29) is 18.7 Å². The lowest BCUT2D eigenvalue weighted by Crippen LogP contribution is -2.46. The normalized spacial score (nSPS) is 21.2. The van der Waals surface area contributed by atoms with E-state index in [1.807, 2.05) is 30.3 Å². The van der Waals surface area contributed by atoms with Gasteiger partial charge < -0.3 is 29.1 Å². The van der Waals surface area contributed by atoms with Crippen molar-refractivity contribution in [2.75, 3.05) is 56.4 Å². The molecule has 0 spiro atoms. The quantitative estimate of drug-likeness (QED) is 0.610. The van der Waals surface area contributed by atoms with E-state index >= 15 is 0 Å². The van der Waals surface area contributed by atoms with Crippen LogP contribution in [-0.4, -0.2) is 78.8 Å². The number of hydrogen-bond donors (Lipinski definition) is 1. The Morgan fingerprint density at radius 2 is 1.71 bits per heavy atom. The van der Waals surface area contributed by atoms with Crippen LogP contribution in [0, 0.1) is 0 Å². The number of pyridine rings is 1. The molecule has 4 heterocycles. The van der Waals surface area contributed by atoms with Gasteiger partial charge in [0.05, 0.1) is 63.3 Å². The first-order chi connectivity index (χ1) is 16.6. The van der Waals surface area contributed by atoms with Crippen molar-refractivity contribution in [1.82, 2.24) is 15.0 Å². The minimum absolute atomic E-state index is 0.106. The molecule has 9 heteroatoms. The average Bonchev–Trinajstić information content (AvgIpc) is 2.88. The van der Waals surface area contributed by atoms with Crippen molar-refractivity contribution < 1.29 is 19.3 Å². The fraction of sp³-hybridized carbons (Fsp3) is 0.480. The summed E-state index contributed by atoms with van der Waals surface area (Å²) in [6.45, 7) is 8.31. The van der Waals surface area contributed by atoms with Crippen LogP contribution in [-0.2, 0) is 16.1 Å². The van der Waals surface area contributed by atoms with Gasteiger partial charge in [-0.3, -0.25) is 0 Å². The van der Waals surface area contributed by atoms with Gasteiger partial charge in [0.15, 0.2) is 5.65 Å².